The smallest absolute Gasteiger partial charge is 0.122 e. The molecular weight excluding hydrogens is 338 g/mol. The number of aromatic nitrogens is 1. The molecule has 4 nitrogen and oxygen atoms in total. The molecule has 2 rings (SSSR count). The molecule has 0 aliphatic rings. The summed E-state index contributed by atoms with van der Waals surface area (Å²) in [7, 11) is 1.63. The first-order valence-corrected chi connectivity index (χ1v) is 7.64. The molecule has 1 heterocycles. The third-order valence-corrected chi connectivity index (χ3v) is 4.64. The van der Waals surface area contributed by atoms with Gasteiger partial charge in [0, 0.05) is 27.5 Å². The maximum Gasteiger partial charge on any atom is 0.122 e. The van der Waals surface area contributed by atoms with Crippen molar-refractivity contribution in [3.05, 3.63) is 52.1 Å². The van der Waals surface area contributed by atoms with E-state index in [4.69, 9.17) is 15.9 Å². The Morgan fingerprint density at radius 3 is 2.90 bits per heavy atom. The number of hydrogen-bond donors (Lipinski definition) is 2. The van der Waals surface area contributed by atoms with Crippen LogP contribution in [-0.2, 0) is 5.75 Å². The summed E-state index contributed by atoms with van der Waals surface area (Å²) in [6, 6.07) is 9.33. The average molecular weight is 352 g/mol. The number of nitrogen functional groups attached to an aromatic ring is 1. The summed E-state index contributed by atoms with van der Waals surface area (Å²) in [6.45, 7) is 0. The van der Waals surface area contributed by atoms with E-state index in [-0.39, 0.29) is 5.84 Å². The number of nitrogens with two attached hydrogens (primary N) is 1. The molecule has 20 heavy (non-hydrogen) atoms. The largest absolute Gasteiger partial charge is 0.496 e. The first kappa shape index (κ1) is 14.9. The van der Waals surface area contributed by atoms with Gasteiger partial charge in [-0.3, -0.25) is 5.41 Å². The fourth-order valence-corrected chi connectivity index (χ4v) is 3.14. The summed E-state index contributed by atoms with van der Waals surface area (Å²) in [4.78, 5) is 4.31. The molecule has 2 aromatic rings. The van der Waals surface area contributed by atoms with Crippen molar-refractivity contribution in [2.75, 3.05) is 7.11 Å². The Bertz CT molecular complexity index is 634. The SMILES string of the molecule is COc1ccc(C(=N)N)cc1CSc1ncccc1Br. The number of thioether (sulfide) groups is 1. The van der Waals surface area contributed by atoms with Gasteiger partial charge in [0.15, 0.2) is 0 Å². The average Bonchev–Trinajstić information content (AvgIpc) is 2.46. The lowest BCUT2D eigenvalue weighted by molar-refractivity contribution is 0.411. The van der Waals surface area contributed by atoms with Crippen LogP contribution in [0.4, 0.5) is 0 Å². The standard InChI is InChI=1S/C14H14BrN3OS/c1-19-12-5-4-9(13(16)17)7-10(12)8-20-14-11(15)3-2-6-18-14/h2-7H,8H2,1H3,(H3,16,17). The van der Waals surface area contributed by atoms with Gasteiger partial charge in [-0.25, -0.2) is 4.98 Å². The van der Waals surface area contributed by atoms with Crippen LogP contribution in [-0.4, -0.2) is 17.9 Å². The molecule has 0 bridgehead atoms. The highest BCUT2D eigenvalue weighted by Gasteiger charge is 2.08. The molecule has 3 N–H and O–H groups in total. The number of amidine groups is 1. The fourth-order valence-electron chi connectivity index (χ4n) is 1.68. The maximum absolute atomic E-state index is 7.50. The van der Waals surface area contributed by atoms with Crippen molar-refractivity contribution in [3.63, 3.8) is 0 Å². The molecular formula is C14H14BrN3OS. The quantitative estimate of drug-likeness (QED) is 0.491. The lowest BCUT2D eigenvalue weighted by atomic mass is 10.1. The maximum atomic E-state index is 7.50. The number of rotatable bonds is 5. The van der Waals surface area contributed by atoms with Crippen molar-refractivity contribution in [3.8, 4) is 5.75 Å². The van der Waals surface area contributed by atoms with Gasteiger partial charge in [-0.1, -0.05) is 0 Å². The topological polar surface area (TPSA) is 72.0 Å². The molecule has 1 aromatic heterocycles. The Hall–Kier alpha value is -1.53. The molecule has 1 aromatic carbocycles. The van der Waals surface area contributed by atoms with Crippen LogP contribution in [0.5, 0.6) is 5.75 Å². The van der Waals surface area contributed by atoms with Gasteiger partial charge < -0.3 is 10.5 Å². The minimum absolute atomic E-state index is 0.0536. The minimum Gasteiger partial charge on any atom is -0.496 e. The summed E-state index contributed by atoms with van der Waals surface area (Å²) in [5.74, 6) is 1.53. The second kappa shape index (κ2) is 6.76. The highest BCUT2D eigenvalue weighted by Crippen LogP contribution is 2.31. The molecule has 0 unspecified atom stereocenters. The summed E-state index contributed by atoms with van der Waals surface area (Å²) in [5, 5.41) is 8.42. The first-order chi connectivity index (χ1) is 9.61. The Kier molecular flexibility index (Phi) is 5.03. The summed E-state index contributed by atoms with van der Waals surface area (Å²) < 4.78 is 6.31. The Morgan fingerprint density at radius 2 is 2.25 bits per heavy atom. The van der Waals surface area contributed by atoms with E-state index in [1.165, 1.54) is 0 Å². The number of hydrogen-bond acceptors (Lipinski definition) is 4. The predicted octanol–water partition coefficient (Wildman–Crippen LogP) is 3.43. The van der Waals surface area contributed by atoms with E-state index in [2.05, 4.69) is 20.9 Å². The zero-order valence-corrected chi connectivity index (χ0v) is 13.3. The number of ether oxygens (including phenoxy) is 1. The lowest BCUT2D eigenvalue weighted by Crippen LogP contribution is -2.11. The van der Waals surface area contributed by atoms with Crippen LogP contribution in [0.15, 0.2) is 46.0 Å². The third kappa shape index (κ3) is 3.52. The van der Waals surface area contributed by atoms with Gasteiger partial charge in [0.1, 0.15) is 16.6 Å². The van der Waals surface area contributed by atoms with Crippen LogP contribution < -0.4 is 10.5 Å². The molecule has 0 atom stereocenters. The number of nitrogens with one attached hydrogen (secondary N) is 1. The molecule has 0 saturated carbocycles. The summed E-state index contributed by atoms with van der Waals surface area (Å²) >= 11 is 5.08. The van der Waals surface area contributed by atoms with Crippen molar-refractivity contribution in [2.45, 2.75) is 10.8 Å². The van der Waals surface area contributed by atoms with E-state index < -0.39 is 0 Å². The van der Waals surface area contributed by atoms with Crippen molar-refractivity contribution < 1.29 is 4.74 Å². The van der Waals surface area contributed by atoms with Crippen LogP contribution in [0.25, 0.3) is 0 Å². The van der Waals surface area contributed by atoms with Gasteiger partial charge >= 0.3 is 0 Å². The van der Waals surface area contributed by atoms with Gasteiger partial charge in [-0.2, -0.15) is 0 Å². The molecule has 0 saturated heterocycles. The zero-order chi connectivity index (χ0) is 14.5. The molecule has 0 fully saturated rings. The molecule has 6 heteroatoms. The second-order valence-corrected chi connectivity index (χ2v) is 5.84. The van der Waals surface area contributed by atoms with E-state index in [9.17, 15) is 0 Å². The highest BCUT2D eigenvalue weighted by atomic mass is 79.9. The van der Waals surface area contributed by atoms with Crippen molar-refractivity contribution in [1.82, 2.24) is 4.98 Å². The van der Waals surface area contributed by atoms with E-state index in [0.717, 1.165) is 20.8 Å². The number of halogens is 1. The molecule has 0 radical (unpaired) electrons. The van der Waals surface area contributed by atoms with Crippen molar-refractivity contribution in [1.29, 1.82) is 5.41 Å². The van der Waals surface area contributed by atoms with Crippen LogP contribution >= 0.6 is 27.7 Å². The highest BCUT2D eigenvalue weighted by molar-refractivity contribution is 9.10. The molecule has 0 amide bonds. The van der Waals surface area contributed by atoms with Gasteiger partial charge in [0.2, 0.25) is 0 Å². The van der Waals surface area contributed by atoms with Crippen molar-refractivity contribution >= 4 is 33.5 Å². The van der Waals surface area contributed by atoms with Gasteiger partial charge in [-0.15, -0.1) is 11.8 Å². The first-order valence-electron chi connectivity index (χ1n) is 5.86. The zero-order valence-electron chi connectivity index (χ0n) is 10.9. The van der Waals surface area contributed by atoms with E-state index in [1.54, 1.807) is 31.1 Å². The van der Waals surface area contributed by atoms with Crippen LogP contribution in [0, 0.1) is 5.41 Å². The fraction of sp³-hybridized carbons (Fsp3) is 0.143. The Balaban J connectivity index is 2.22. The van der Waals surface area contributed by atoms with E-state index in [1.807, 2.05) is 24.3 Å². The second-order valence-electron chi connectivity index (χ2n) is 4.02. The molecule has 0 spiro atoms. The van der Waals surface area contributed by atoms with Crippen LogP contribution in [0.2, 0.25) is 0 Å². The summed E-state index contributed by atoms with van der Waals surface area (Å²) in [5.41, 5.74) is 7.21. The van der Waals surface area contributed by atoms with Gasteiger partial charge in [0.05, 0.1) is 7.11 Å². The van der Waals surface area contributed by atoms with Crippen LogP contribution in [0.1, 0.15) is 11.1 Å². The molecule has 104 valence electrons. The number of nitrogens with zero attached hydrogens (tertiary/aromatic N) is 1. The van der Waals surface area contributed by atoms with Gasteiger partial charge in [-0.05, 0) is 46.3 Å². The Labute approximate surface area is 130 Å². The predicted molar refractivity (Wildman–Crippen MR) is 85.5 cm³/mol. The summed E-state index contributed by atoms with van der Waals surface area (Å²) in [6.07, 6.45) is 1.76. The van der Waals surface area contributed by atoms with E-state index >= 15 is 0 Å². The van der Waals surface area contributed by atoms with Gasteiger partial charge in [0.25, 0.3) is 0 Å². The Morgan fingerprint density at radius 1 is 1.45 bits per heavy atom. The lowest BCUT2D eigenvalue weighted by Gasteiger charge is -2.10. The number of benzene rings is 1. The molecule has 0 aliphatic carbocycles. The monoisotopic (exact) mass is 351 g/mol. The normalized spacial score (nSPS) is 10.3. The molecule has 0 aliphatic heterocycles. The number of pyridine rings is 1. The minimum atomic E-state index is 0.0536. The van der Waals surface area contributed by atoms with E-state index in [0.29, 0.717) is 11.3 Å². The third-order valence-electron chi connectivity index (χ3n) is 2.68. The van der Waals surface area contributed by atoms with Crippen LogP contribution in [0.3, 0.4) is 0 Å². The van der Waals surface area contributed by atoms with Crippen molar-refractivity contribution in [2.24, 2.45) is 5.73 Å². The number of methoxy groups -OCH3 is 1.